The zero-order chi connectivity index (χ0) is 22.2. The van der Waals surface area contributed by atoms with Gasteiger partial charge in [-0.05, 0) is 57.6 Å². The molecule has 4 rings (SSSR count). The molecular weight excluding hydrogens is 520 g/mol. The van der Waals surface area contributed by atoms with Gasteiger partial charge in [0.05, 0.1) is 0 Å². The lowest BCUT2D eigenvalue weighted by Crippen LogP contribution is -1.77. The Balaban J connectivity index is 1.35. The summed E-state index contributed by atoms with van der Waals surface area (Å²) in [4.78, 5) is 0. The second kappa shape index (κ2) is 11.1. The summed E-state index contributed by atoms with van der Waals surface area (Å²) in [5.74, 6) is 0. The van der Waals surface area contributed by atoms with Crippen LogP contribution in [-0.2, 0) is 0 Å². The van der Waals surface area contributed by atoms with E-state index >= 15 is 0 Å². The van der Waals surface area contributed by atoms with Crippen molar-refractivity contribution in [1.82, 2.24) is 0 Å². The number of hydrogen-bond acceptors (Lipinski definition) is 0. The summed E-state index contributed by atoms with van der Waals surface area (Å²) >= 11 is 6.93. The molecule has 2 heteroatoms. The molecule has 0 N–H and O–H groups in total. The minimum atomic E-state index is 1.10. The Morgan fingerprint density at radius 3 is 0.625 bits per heavy atom. The zero-order valence-corrected chi connectivity index (χ0v) is 20.6. The van der Waals surface area contributed by atoms with Gasteiger partial charge in [-0.1, -0.05) is 141 Å². The molecule has 4 aromatic rings. The fraction of sp³-hybridized carbons (Fsp3) is 0. The largest absolute Gasteiger partial charge is 0.0544 e. The molecular formula is C30H22Br2. The van der Waals surface area contributed by atoms with Crippen LogP contribution in [0.25, 0.3) is 36.5 Å². The summed E-state index contributed by atoms with van der Waals surface area (Å²) in [5, 5.41) is 0. The van der Waals surface area contributed by atoms with Gasteiger partial charge in [0, 0.05) is 8.95 Å². The van der Waals surface area contributed by atoms with E-state index in [9.17, 15) is 0 Å². The van der Waals surface area contributed by atoms with Gasteiger partial charge in [0.15, 0.2) is 0 Å². The van der Waals surface area contributed by atoms with Crippen molar-refractivity contribution in [2.75, 3.05) is 0 Å². The maximum absolute atomic E-state index is 3.47. The van der Waals surface area contributed by atoms with Crippen LogP contribution in [0, 0.1) is 0 Å². The first-order valence-corrected chi connectivity index (χ1v) is 12.0. The normalized spacial score (nSPS) is 11.7. The predicted octanol–water partition coefficient (Wildman–Crippen LogP) is 9.72. The van der Waals surface area contributed by atoms with Crippen molar-refractivity contribution < 1.29 is 0 Å². The number of hydrogen-bond donors (Lipinski definition) is 0. The van der Waals surface area contributed by atoms with Crippen LogP contribution in [0.5, 0.6) is 0 Å². The Hall–Kier alpha value is -2.94. The second-order valence-corrected chi connectivity index (χ2v) is 9.27. The highest BCUT2D eigenvalue weighted by molar-refractivity contribution is 9.10. The van der Waals surface area contributed by atoms with Gasteiger partial charge in [-0.2, -0.15) is 0 Å². The number of rotatable bonds is 6. The maximum atomic E-state index is 3.47. The second-order valence-electron chi connectivity index (χ2n) is 7.44. The van der Waals surface area contributed by atoms with Crippen molar-refractivity contribution in [2.45, 2.75) is 0 Å². The van der Waals surface area contributed by atoms with Crippen molar-refractivity contribution in [3.8, 4) is 0 Å². The fourth-order valence-corrected chi connectivity index (χ4v) is 3.69. The molecule has 0 aliphatic heterocycles. The molecule has 0 radical (unpaired) electrons. The molecule has 0 amide bonds. The van der Waals surface area contributed by atoms with E-state index in [-0.39, 0.29) is 0 Å². The van der Waals surface area contributed by atoms with Crippen molar-refractivity contribution in [3.63, 3.8) is 0 Å². The molecule has 4 aromatic carbocycles. The first-order chi connectivity index (χ1) is 15.6. The van der Waals surface area contributed by atoms with Crippen LogP contribution in [-0.4, -0.2) is 0 Å². The summed E-state index contributed by atoms with van der Waals surface area (Å²) in [6.07, 6.45) is 12.8. The summed E-state index contributed by atoms with van der Waals surface area (Å²) in [5.41, 5.74) is 7.12. The first kappa shape index (κ1) is 22.3. The van der Waals surface area contributed by atoms with Gasteiger partial charge in [-0.3, -0.25) is 0 Å². The summed E-state index contributed by atoms with van der Waals surface area (Å²) in [6, 6.07) is 33.8. The Morgan fingerprint density at radius 2 is 0.438 bits per heavy atom. The molecule has 156 valence electrons. The number of benzene rings is 4. The van der Waals surface area contributed by atoms with Crippen molar-refractivity contribution in [1.29, 1.82) is 0 Å². The Morgan fingerprint density at radius 1 is 0.281 bits per heavy atom. The van der Waals surface area contributed by atoms with Gasteiger partial charge < -0.3 is 0 Å². The van der Waals surface area contributed by atoms with E-state index in [0.29, 0.717) is 0 Å². The van der Waals surface area contributed by atoms with E-state index in [0.717, 1.165) is 8.95 Å². The molecule has 0 bridgehead atoms. The lowest BCUT2D eigenvalue weighted by atomic mass is 10.1. The minimum Gasteiger partial charge on any atom is -0.0544 e. The Labute approximate surface area is 206 Å². The van der Waals surface area contributed by atoms with Gasteiger partial charge in [0.2, 0.25) is 0 Å². The highest BCUT2D eigenvalue weighted by Gasteiger charge is 1.93. The maximum Gasteiger partial charge on any atom is 0.0175 e. The molecule has 0 heterocycles. The van der Waals surface area contributed by atoms with Gasteiger partial charge in [0.25, 0.3) is 0 Å². The van der Waals surface area contributed by atoms with Crippen LogP contribution in [0.4, 0.5) is 0 Å². The molecule has 0 spiro atoms. The van der Waals surface area contributed by atoms with Crippen LogP contribution in [0.1, 0.15) is 33.4 Å². The Bertz CT molecular complexity index is 1130. The van der Waals surface area contributed by atoms with E-state index < -0.39 is 0 Å². The standard InChI is InChI=1S/C30H22Br2/c31-29-19-15-27(16-20-29)13-11-25-7-3-23(4-8-25)1-2-24-5-9-26(10-6-24)12-14-28-17-21-30(32)22-18-28/h1-22H. The monoisotopic (exact) mass is 540 g/mol. The molecule has 0 atom stereocenters. The number of halogens is 2. The van der Waals surface area contributed by atoms with Gasteiger partial charge in [-0.25, -0.2) is 0 Å². The van der Waals surface area contributed by atoms with Gasteiger partial charge in [-0.15, -0.1) is 0 Å². The molecule has 0 saturated carbocycles. The molecule has 0 fully saturated rings. The van der Waals surface area contributed by atoms with Crippen molar-refractivity contribution in [2.24, 2.45) is 0 Å². The quantitative estimate of drug-likeness (QED) is 0.213. The van der Waals surface area contributed by atoms with E-state index in [1.54, 1.807) is 0 Å². The van der Waals surface area contributed by atoms with Crippen LogP contribution < -0.4 is 0 Å². The SMILES string of the molecule is Brc1ccc(C=Cc2ccc(C=Cc3ccc(C=Cc4ccc(Br)cc4)cc3)cc2)cc1. The third-order valence-corrected chi connectivity index (χ3v) is 6.07. The zero-order valence-electron chi connectivity index (χ0n) is 17.5. The third kappa shape index (κ3) is 6.78. The average Bonchev–Trinajstić information content (AvgIpc) is 2.83. The molecule has 0 aliphatic carbocycles. The Kier molecular flexibility index (Phi) is 7.71. The molecule has 0 aromatic heterocycles. The predicted molar refractivity (Wildman–Crippen MR) is 148 cm³/mol. The molecule has 0 unspecified atom stereocenters. The molecule has 0 nitrogen and oxygen atoms in total. The first-order valence-electron chi connectivity index (χ1n) is 10.4. The lowest BCUT2D eigenvalue weighted by molar-refractivity contribution is 1.60. The van der Waals surface area contributed by atoms with E-state index in [1.807, 2.05) is 0 Å². The van der Waals surface area contributed by atoms with E-state index in [1.165, 1.54) is 33.4 Å². The molecule has 0 saturated heterocycles. The third-order valence-electron chi connectivity index (χ3n) is 5.02. The average molecular weight is 542 g/mol. The lowest BCUT2D eigenvalue weighted by Gasteiger charge is -1.99. The van der Waals surface area contributed by atoms with Gasteiger partial charge in [0.1, 0.15) is 0 Å². The van der Waals surface area contributed by atoms with E-state index in [4.69, 9.17) is 0 Å². The van der Waals surface area contributed by atoms with Crippen LogP contribution in [0.3, 0.4) is 0 Å². The van der Waals surface area contributed by atoms with Crippen LogP contribution >= 0.6 is 31.9 Å². The smallest absolute Gasteiger partial charge is 0.0175 e. The highest BCUT2D eigenvalue weighted by atomic mass is 79.9. The fourth-order valence-electron chi connectivity index (χ4n) is 3.16. The van der Waals surface area contributed by atoms with E-state index in [2.05, 4.69) is 165 Å². The molecule has 0 aliphatic rings. The topological polar surface area (TPSA) is 0 Å². The van der Waals surface area contributed by atoms with Crippen molar-refractivity contribution in [3.05, 3.63) is 139 Å². The molecule has 32 heavy (non-hydrogen) atoms. The summed E-state index contributed by atoms with van der Waals surface area (Å²) < 4.78 is 2.19. The van der Waals surface area contributed by atoms with Crippen molar-refractivity contribution >= 4 is 68.3 Å². The summed E-state index contributed by atoms with van der Waals surface area (Å²) in [7, 11) is 0. The van der Waals surface area contributed by atoms with Crippen LogP contribution in [0.2, 0.25) is 0 Å². The summed E-state index contributed by atoms with van der Waals surface area (Å²) in [6.45, 7) is 0. The highest BCUT2D eigenvalue weighted by Crippen LogP contribution is 2.16. The van der Waals surface area contributed by atoms with Crippen LogP contribution in [0.15, 0.2) is 106 Å². The minimum absolute atomic E-state index is 1.10. The van der Waals surface area contributed by atoms with Gasteiger partial charge >= 0.3 is 0 Å².